The van der Waals surface area contributed by atoms with Crippen LogP contribution < -0.4 is 15.8 Å². The van der Waals surface area contributed by atoms with Gasteiger partial charge in [-0.1, -0.05) is 29.8 Å². The number of halogens is 1. The number of rotatable bonds is 7. The minimum absolute atomic E-state index is 0.0192. The van der Waals surface area contributed by atoms with E-state index in [-0.39, 0.29) is 22.1 Å². The highest BCUT2D eigenvalue weighted by Crippen LogP contribution is 2.37. The van der Waals surface area contributed by atoms with Gasteiger partial charge in [-0.2, -0.15) is 8.42 Å². The van der Waals surface area contributed by atoms with Crippen molar-refractivity contribution in [2.75, 3.05) is 18.7 Å². The van der Waals surface area contributed by atoms with Gasteiger partial charge in [0.05, 0.1) is 24.6 Å². The average molecular weight is 507 g/mol. The Kier molecular flexibility index (Phi) is 7.25. The third-order valence-electron chi connectivity index (χ3n) is 4.25. The molecule has 3 rings (SSSR count). The lowest BCUT2D eigenvalue weighted by Gasteiger charge is -2.17. The highest BCUT2D eigenvalue weighted by Gasteiger charge is 2.31. The highest BCUT2D eigenvalue weighted by atomic mass is 35.5. The number of carbonyl (C=O) groups excluding carboxylic acids is 2. The molecule has 11 nitrogen and oxygen atoms in total. The number of hydrogen-bond acceptors (Lipinski definition) is 8. The fourth-order valence-electron chi connectivity index (χ4n) is 2.84. The molecule has 1 heterocycles. The zero-order valence-electron chi connectivity index (χ0n) is 17.9. The first-order chi connectivity index (χ1) is 16.0. The van der Waals surface area contributed by atoms with Crippen LogP contribution in [0.5, 0.6) is 5.75 Å². The van der Waals surface area contributed by atoms with Gasteiger partial charge >= 0.3 is 5.91 Å². The molecule has 0 fully saturated rings. The SMILES string of the molecule is COc1ccc(Cl)cc1-c1cc(NC(=O)c2ccccc2)c(C(=O)N(OS(C)(=O)=O)C(=N)N)o1. The molecular formula is C21H19ClN4O7S. The molecule has 0 aliphatic rings. The summed E-state index contributed by atoms with van der Waals surface area (Å²) in [5.74, 6) is -3.04. The third kappa shape index (κ3) is 5.73. The Bertz CT molecular complexity index is 1360. The summed E-state index contributed by atoms with van der Waals surface area (Å²) >= 11 is 6.09. The molecule has 0 atom stereocenters. The first-order valence-electron chi connectivity index (χ1n) is 9.42. The number of ether oxygens (including phenoxy) is 1. The van der Waals surface area contributed by atoms with E-state index in [0.29, 0.717) is 22.6 Å². The van der Waals surface area contributed by atoms with Gasteiger partial charge in [-0.05, 0) is 30.3 Å². The van der Waals surface area contributed by atoms with Crippen LogP contribution in [0.1, 0.15) is 20.9 Å². The quantitative estimate of drug-likeness (QED) is 0.250. The molecule has 0 saturated heterocycles. The van der Waals surface area contributed by atoms with Crippen molar-refractivity contribution in [3.8, 4) is 17.1 Å². The number of methoxy groups -OCH3 is 1. The Labute approximate surface area is 199 Å². The number of nitrogens with two attached hydrogens (primary N) is 1. The number of anilines is 1. The molecule has 1 aromatic heterocycles. The number of furan rings is 1. The predicted octanol–water partition coefficient (Wildman–Crippen LogP) is 3.09. The number of guanidine groups is 1. The van der Waals surface area contributed by atoms with Crippen molar-refractivity contribution in [1.82, 2.24) is 5.06 Å². The summed E-state index contributed by atoms with van der Waals surface area (Å²) in [6, 6.07) is 14.1. The summed E-state index contributed by atoms with van der Waals surface area (Å²) in [6.07, 6.45) is 0.665. The van der Waals surface area contributed by atoms with E-state index >= 15 is 0 Å². The van der Waals surface area contributed by atoms with E-state index in [1.165, 1.54) is 19.2 Å². The normalized spacial score (nSPS) is 11.0. The van der Waals surface area contributed by atoms with Crippen molar-refractivity contribution in [1.29, 1.82) is 5.41 Å². The van der Waals surface area contributed by atoms with Crippen molar-refractivity contribution in [3.63, 3.8) is 0 Å². The molecule has 0 aliphatic carbocycles. The minimum atomic E-state index is -4.24. The van der Waals surface area contributed by atoms with Crippen molar-refractivity contribution < 1.29 is 31.4 Å². The van der Waals surface area contributed by atoms with E-state index in [9.17, 15) is 18.0 Å². The van der Waals surface area contributed by atoms with Crippen LogP contribution in [0.3, 0.4) is 0 Å². The Morgan fingerprint density at radius 3 is 2.41 bits per heavy atom. The molecule has 34 heavy (non-hydrogen) atoms. The molecule has 3 aromatic rings. The summed E-state index contributed by atoms with van der Waals surface area (Å²) in [5.41, 5.74) is 5.81. The summed E-state index contributed by atoms with van der Waals surface area (Å²) in [5, 5.41) is 10.4. The van der Waals surface area contributed by atoms with E-state index < -0.39 is 33.7 Å². The molecule has 0 radical (unpaired) electrons. The van der Waals surface area contributed by atoms with E-state index in [0.717, 1.165) is 0 Å². The summed E-state index contributed by atoms with van der Waals surface area (Å²) < 4.78 is 38.7. The maximum absolute atomic E-state index is 13.1. The van der Waals surface area contributed by atoms with Crippen LogP contribution in [0, 0.1) is 5.41 Å². The van der Waals surface area contributed by atoms with Crippen LogP contribution >= 0.6 is 11.6 Å². The number of hydroxylamine groups is 2. The second kappa shape index (κ2) is 9.95. The second-order valence-electron chi connectivity index (χ2n) is 6.78. The van der Waals surface area contributed by atoms with E-state index in [1.807, 2.05) is 0 Å². The molecular weight excluding hydrogens is 488 g/mol. The first kappa shape index (κ1) is 24.8. The average Bonchev–Trinajstić information content (AvgIpc) is 3.20. The van der Waals surface area contributed by atoms with E-state index in [1.54, 1.807) is 42.5 Å². The number of nitrogens with zero attached hydrogens (tertiary/aromatic N) is 1. The maximum atomic E-state index is 13.1. The van der Waals surface area contributed by atoms with Crippen LogP contribution in [0.15, 0.2) is 59.0 Å². The van der Waals surface area contributed by atoms with Crippen molar-refractivity contribution in [2.45, 2.75) is 0 Å². The number of hydrogen-bond donors (Lipinski definition) is 3. The lowest BCUT2D eigenvalue weighted by atomic mass is 10.1. The molecule has 0 aliphatic heterocycles. The first-order valence-corrected chi connectivity index (χ1v) is 11.6. The summed E-state index contributed by atoms with van der Waals surface area (Å²) in [6.45, 7) is 0. The third-order valence-corrected chi connectivity index (χ3v) is 4.91. The molecule has 2 aromatic carbocycles. The van der Waals surface area contributed by atoms with Crippen molar-refractivity contribution in [3.05, 3.63) is 70.9 Å². The Balaban J connectivity index is 2.13. The summed E-state index contributed by atoms with van der Waals surface area (Å²) in [7, 11) is -2.83. The largest absolute Gasteiger partial charge is 0.496 e. The maximum Gasteiger partial charge on any atom is 0.323 e. The number of amides is 2. The molecule has 0 bridgehead atoms. The van der Waals surface area contributed by atoms with Crippen LogP contribution in [0.2, 0.25) is 5.02 Å². The van der Waals surface area contributed by atoms with Gasteiger partial charge in [-0.25, -0.2) is 0 Å². The van der Waals surface area contributed by atoms with Crippen molar-refractivity contribution in [2.24, 2.45) is 5.73 Å². The molecule has 2 amide bonds. The fraction of sp³-hybridized carbons (Fsp3) is 0.0952. The lowest BCUT2D eigenvalue weighted by Crippen LogP contribution is -2.42. The van der Waals surface area contributed by atoms with E-state index in [2.05, 4.69) is 9.60 Å². The number of nitrogens with one attached hydrogen (secondary N) is 2. The lowest BCUT2D eigenvalue weighted by molar-refractivity contribution is 0.0174. The van der Waals surface area contributed by atoms with E-state index in [4.69, 9.17) is 31.9 Å². The van der Waals surface area contributed by atoms with Gasteiger partial charge in [-0.15, -0.1) is 9.35 Å². The van der Waals surface area contributed by atoms with Gasteiger partial charge < -0.3 is 20.2 Å². The number of benzene rings is 2. The Morgan fingerprint density at radius 1 is 1.15 bits per heavy atom. The highest BCUT2D eigenvalue weighted by molar-refractivity contribution is 7.85. The van der Waals surface area contributed by atoms with Gasteiger partial charge in [0.1, 0.15) is 11.5 Å². The second-order valence-corrected chi connectivity index (χ2v) is 8.78. The molecule has 0 spiro atoms. The van der Waals surface area contributed by atoms with Gasteiger partial charge in [0.15, 0.2) is 0 Å². The van der Waals surface area contributed by atoms with Gasteiger partial charge in [-0.3, -0.25) is 15.0 Å². The standard InChI is InChI=1S/C21H19ClN4O7S/c1-31-16-9-8-13(22)10-14(16)17-11-15(25-19(27)12-6-4-3-5-7-12)18(32-17)20(28)26(21(23)24)33-34(2,29)30/h3-11H,1-2H3,(H3,23,24)(H,25,27). The number of carbonyl (C=O) groups is 2. The minimum Gasteiger partial charge on any atom is -0.496 e. The molecule has 4 N–H and O–H groups in total. The van der Waals surface area contributed by atoms with Crippen LogP contribution in [0.25, 0.3) is 11.3 Å². The van der Waals surface area contributed by atoms with Crippen LogP contribution in [-0.4, -0.2) is 44.6 Å². The Hall–Kier alpha value is -3.87. The molecule has 13 heteroatoms. The summed E-state index contributed by atoms with van der Waals surface area (Å²) in [4.78, 5) is 25.8. The molecule has 178 valence electrons. The van der Waals surface area contributed by atoms with Crippen LogP contribution in [0.4, 0.5) is 5.69 Å². The molecule has 0 saturated carbocycles. The zero-order chi connectivity index (χ0) is 25.0. The topological polar surface area (TPSA) is 165 Å². The molecule has 0 unspecified atom stereocenters. The van der Waals surface area contributed by atoms with Crippen molar-refractivity contribution >= 4 is 45.2 Å². The van der Waals surface area contributed by atoms with Crippen LogP contribution in [-0.2, 0) is 14.4 Å². The predicted molar refractivity (Wildman–Crippen MR) is 124 cm³/mol. The zero-order valence-corrected chi connectivity index (χ0v) is 19.4. The van der Waals surface area contributed by atoms with Gasteiger partial charge in [0, 0.05) is 16.7 Å². The monoisotopic (exact) mass is 506 g/mol. The smallest absolute Gasteiger partial charge is 0.323 e. The Morgan fingerprint density at radius 2 is 1.82 bits per heavy atom. The fourth-order valence-corrected chi connectivity index (χ4v) is 3.43. The van der Waals surface area contributed by atoms with Gasteiger partial charge in [0.25, 0.3) is 16.0 Å². The van der Waals surface area contributed by atoms with Gasteiger partial charge in [0.2, 0.25) is 11.7 Å².